The minimum Gasteiger partial charge on any atom is -0.497 e. The largest absolute Gasteiger partial charge is 0.497 e. The molecule has 25 heavy (non-hydrogen) atoms. The maximum Gasteiger partial charge on any atom is 0.251 e. The van der Waals surface area contributed by atoms with Crippen LogP contribution in [-0.4, -0.2) is 23.2 Å². The third kappa shape index (κ3) is 3.80. The zero-order valence-electron chi connectivity index (χ0n) is 13.7. The van der Waals surface area contributed by atoms with Crippen LogP contribution >= 0.6 is 11.6 Å². The van der Waals surface area contributed by atoms with Crippen LogP contribution in [0.3, 0.4) is 0 Å². The number of rotatable bonds is 5. The van der Waals surface area contributed by atoms with Crippen molar-refractivity contribution in [3.05, 3.63) is 65.0 Å². The normalized spacial score (nSPS) is 11.8. The van der Waals surface area contributed by atoms with E-state index >= 15 is 0 Å². The van der Waals surface area contributed by atoms with Crippen LogP contribution in [0.5, 0.6) is 5.75 Å². The summed E-state index contributed by atoms with van der Waals surface area (Å²) < 4.78 is 10.3. The lowest BCUT2D eigenvalue weighted by Gasteiger charge is -2.10. The van der Waals surface area contributed by atoms with Crippen molar-refractivity contribution in [1.82, 2.24) is 15.5 Å². The maximum atomic E-state index is 12.3. The topological polar surface area (TPSA) is 77.2 Å². The van der Waals surface area contributed by atoms with Gasteiger partial charge in [-0.2, -0.15) is 4.98 Å². The van der Waals surface area contributed by atoms with E-state index in [1.54, 1.807) is 50.4 Å². The number of methoxy groups -OCH3 is 1. The van der Waals surface area contributed by atoms with Crippen LogP contribution in [0.1, 0.15) is 29.2 Å². The van der Waals surface area contributed by atoms with E-state index in [1.807, 2.05) is 12.1 Å². The molecule has 1 atom stereocenters. The van der Waals surface area contributed by atoms with Gasteiger partial charge in [0.05, 0.1) is 12.1 Å². The lowest BCUT2D eigenvalue weighted by atomic mass is 10.2. The van der Waals surface area contributed by atoms with Gasteiger partial charge in [-0.25, -0.2) is 0 Å². The first-order valence-corrected chi connectivity index (χ1v) is 7.99. The van der Waals surface area contributed by atoms with Crippen LogP contribution in [0.4, 0.5) is 0 Å². The monoisotopic (exact) mass is 357 g/mol. The van der Waals surface area contributed by atoms with Crippen LogP contribution < -0.4 is 10.1 Å². The van der Waals surface area contributed by atoms with Crippen molar-refractivity contribution in [2.75, 3.05) is 7.11 Å². The Hall–Kier alpha value is -2.86. The van der Waals surface area contributed by atoms with Gasteiger partial charge in [-0.3, -0.25) is 4.79 Å². The number of halogens is 1. The van der Waals surface area contributed by atoms with Crippen molar-refractivity contribution in [3.63, 3.8) is 0 Å². The molecule has 6 nitrogen and oxygen atoms in total. The summed E-state index contributed by atoms with van der Waals surface area (Å²) in [5, 5.41) is 7.29. The quantitative estimate of drug-likeness (QED) is 0.749. The van der Waals surface area contributed by atoms with Crippen LogP contribution in [-0.2, 0) is 0 Å². The number of nitrogens with one attached hydrogen (secondary N) is 1. The minimum absolute atomic E-state index is 0.243. The van der Waals surface area contributed by atoms with Gasteiger partial charge in [0.1, 0.15) is 11.8 Å². The van der Waals surface area contributed by atoms with Gasteiger partial charge < -0.3 is 14.6 Å². The Balaban J connectivity index is 1.72. The van der Waals surface area contributed by atoms with E-state index in [0.717, 1.165) is 0 Å². The van der Waals surface area contributed by atoms with Crippen molar-refractivity contribution >= 4 is 17.5 Å². The van der Waals surface area contributed by atoms with Crippen molar-refractivity contribution < 1.29 is 14.1 Å². The number of aromatic nitrogens is 2. The third-order valence-corrected chi connectivity index (χ3v) is 3.96. The lowest BCUT2D eigenvalue weighted by Crippen LogP contribution is -2.26. The first-order chi connectivity index (χ1) is 12.1. The van der Waals surface area contributed by atoms with Gasteiger partial charge in [0, 0.05) is 11.1 Å². The minimum atomic E-state index is -0.446. The summed E-state index contributed by atoms with van der Waals surface area (Å²) in [5.74, 6) is 1.13. The zero-order valence-corrected chi connectivity index (χ0v) is 14.4. The van der Waals surface area contributed by atoms with E-state index in [0.29, 0.717) is 33.6 Å². The molecular weight excluding hydrogens is 342 g/mol. The number of ether oxygens (including phenoxy) is 1. The highest BCUT2D eigenvalue weighted by Crippen LogP contribution is 2.26. The first kappa shape index (κ1) is 17.0. The molecule has 128 valence electrons. The van der Waals surface area contributed by atoms with E-state index in [9.17, 15) is 4.79 Å². The van der Waals surface area contributed by atoms with Crippen molar-refractivity contribution in [2.45, 2.75) is 13.0 Å². The summed E-state index contributed by atoms with van der Waals surface area (Å²) in [6.45, 7) is 1.77. The summed E-state index contributed by atoms with van der Waals surface area (Å²) in [7, 11) is 1.57. The van der Waals surface area contributed by atoms with Gasteiger partial charge >= 0.3 is 0 Å². The Kier molecular flexibility index (Phi) is 5.00. The van der Waals surface area contributed by atoms with E-state index < -0.39 is 6.04 Å². The van der Waals surface area contributed by atoms with Gasteiger partial charge in [0.2, 0.25) is 11.7 Å². The van der Waals surface area contributed by atoms with Crippen molar-refractivity contribution in [2.24, 2.45) is 0 Å². The third-order valence-electron chi connectivity index (χ3n) is 3.63. The van der Waals surface area contributed by atoms with E-state index in [-0.39, 0.29) is 5.91 Å². The van der Waals surface area contributed by atoms with Crippen LogP contribution in [0.15, 0.2) is 53.1 Å². The van der Waals surface area contributed by atoms with Gasteiger partial charge in [-0.15, -0.1) is 0 Å². The predicted octanol–water partition coefficient (Wildman–Crippen LogP) is 3.89. The number of hydrogen-bond donors (Lipinski definition) is 1. The highest BCUT2D eigenvalue weighted by Gasteiger charge is 2.19. The Labute approximate surface area is 149 Å². The molecule has 0 aliphatic carbocycles. The standard InChI is InChI=1S/C18H16ClN3O3/c1-11(20-17(23)12-7-9-13(24-2)10-8-12)18-21-16(22-25-18)14-5-3-4-6-15(14)19/h3-11H,1-2H3,(H,20,23)/t11-/m0/s1. The molecule has 3 aromatic rings. The molecule has 0 saturated carbocycles. The second kappa shape index (κ2) is 7.36. The van der Waals surface area contributed by atoms with E-state index in [4.69, 9.17) is 20.9 Å². The fourth-order valence-electron chi connectivity index (χ4n) is 2.25. The highest BCUT2D eigenvalue weighted by atomic mass is 35.5. The number of amides is 1. The molecule has 2 aromatic carbocycles. The molecule has 0 bridgehead atoms. The SMILES string of the molecule is COc1ccc(C(=O)N[C@@H](C)c2nc(-c3ccccc3Cl)no2)cc1. The van der Waals surface area contributed by atoms with Gasteiger partial charge in [-0.05, 0) is 43.3 Å². The molecule has 0 spiro atoms. The molecule has 1 amide bonds. The number of nitrogens with zero attached hydrogens (tertiary/aromatic N) is 2. The molecule has 0 unspecified atom stereocenters. The number of hydrogen-bond acceptors (Lipinski definition) is 5. The molecule has 0 saturated heterocycles. The number of carbonyl (C=O) groups is 1. The average Bonchev–Trinajstić information content (AvgIpc) is 3.12. The Morgan fingerprint density at radius 2 is 1.92 bits per heavy atom. The molecule has 0 fully saturated rings. The molecular formula is C18H16ClN3O3. The fraction of sp³-hybridized carbons (Fsp3) is 0.167. The predicted molar refractivity (Wildman–Crippen MR) is 93.6 cm³/mol. The number of benzene rings is 2. The Morgan fingerprint density at radius 3 is 2.60 bits per heavy atom. The molecule has 1 heterocycles. The second-order valence-corrected chi connectivity index (χ2v) is 5.77. The second-order valence-electron chi connectivity index (χ2n) is 5.36. The smallest absolute Gasteiger partial charge is 0.251 e. The number of carbonyl (C=O) groups excluding carboxylic acids is 1. The van der Waals surface area contributed by atoms with Gasteiger partial charge in [0.15, 0.2) is 0 Å². The molecule has 0 aliphatic heterocycles. The van der Waals surface area contributed by atoms with Gasteiger partial charge in [-0.1, -0.05) is 28.9 Å². The van der Waals surface area contributed by atoms with Crippen molar-refractivity contribution in [3.8, 4) is 17.1 Å². The molecule has 3 rings (SSSR count). The molecule has 1 aromatic heterocycles. The first-order valence-electron chi connectivity index (χ1n) is 7.62. The summed E-state index contributed by atoms with van der Waals surface area (Å²) >= 11 is 6.14. The molecule has 1 N–H and O–H groups in total. The highest BCUT2D eigenvalue weighted by molar-refractivity contribution is 6.33. The Morgan fingerprint density at radius 1 is 1.20 bits per heavy atom. The summed E-state index contributed by atoms with van der Waals surface area (Å²) in [6, 6.07) is 13.6. The average molecular weight is 358 g/mol. The molecule has 0 radical (unpaired) electrons. The van der Waals surface area contributed by atoms with E-state index in [1.165, 1.54) is 0 Å². The molecule has 0 aliphatic rings. The van der Waals surface area contributed by atoms with Crippen LogP contribution in [0.2, 0.25) is 5.02 Å². The van der Waals surface area contributed by atoms with Gasteiger partial charge in [0.25, 0.3) is 5.91 Å². The maximum absolute atomic E-state index is 12.3. The molecule has 7 heteroatoms. The van der Waals surface area contributed by atoms with E-state index in [2.05, 4.69) is 15.5 Å². The summed E-state index contributed by atoms with van der Waals surface area (Å²) in [5.41, 5.74) is 1.19. The summed E-state index contributed by atoms with van der Waals surface area (Å²) in [4.78, 5) is 16.6. The summed E-state index contributed by atoms with van der Waals surface area (Å²) in [6.07, 6.45) is 0. The zero-order chi connectivity index (χ0) is 17.8. The lowest BCUT2D eigenvalue weighted by molar-refractivity contribution is 0.0932. The van der Waals surface area contributed by atoms with Crippen molar-refractivity contribution in [1.29, 1.82) is 0 Å². The Bertz CT molecular complexity index is 877. The van der Waals surface area contributed by atoms with Crippen LogP contribution in [0.25, 0.3) is 11.4 Å². The fourth-order valence-corrected chi connectivity index (χ4v) is 2.47. The van der Waals surface area contributed by atoms with Crippen LogP contribution in [0, 0.1) is 0 Å².